The van der Waals surface area contributed by atoms with Crippen LogP contribution >= 0.6 is 0 Å². The van der Waals surface area contributed by atoms with Gasteiger partial charge >= 0.3 is 0 Å². The van der Waals surface area contributed by atoms with E-state index in [4.69, 9.17) is 0 Å². The molecule has 0 spiro atoms. The maximum absolute atomic E-state index is 15.4. The molecule has 1 aliphatic heterocycles. The van der Waals surface area contributed by atoms with Crippen molar-refractivity contribution in [3.05, 3.63) is 18.0 Å². The molecule has 5 N–H and O–H groups in total. The number of nitrogens with one attached hydrogen (secondary N) is 4. The number of aliphatic hydroxyl groups excluding tert-OH is 1. The van der Waals surface area contributed by atoms with Gasteiger partial charge in [0.15, 0.2) is 0 Å². The van der Waals surface area contributed by atoms with Gasteiger partial charge in [0.1, 0.15) is 66.5 Å². The van der Waals surface area contributed by atoms with Crippen LogP contribution in [0.15, 0.2) is 12.3 Å². The molecule has 11 amide bonds. The number of carbonyl (C=O) groups excluding carboxylic acids is 11. The fourth-order valence-corrected chi connectivity index (χ4v) is 11.8. The molecule has 13 atom stereocenters. The molecule has 25 nitrogen and oxygen atoms in total. The second kappa shape index (κ2) is 36.0. The van der Waals surface area contributed by atoms with Gasteiger partial charge in [-0.15, -0.1) is 0 Å². The van der Waals surface area contributed by atoms with E-state index in [9.17, 15) is 38.7 Å². The van der Waals surface area contributed by atoms with E-state index in [1.54, 1.807) is 52.4 Å². The van der Waals surface area contributed by atoms with Crippen LogP contribution in [0.4, 0.5) is 0 Å². The van der Waals surface area contributed by atoms with Crippen molar-refractivity contribution >= 4 is 65.0 Å². The normalized spacial score (nSPS) is 26.7. The Labute approximate surface area is 543 Å². The monoisotopic (exact) mass is 1280 g/mol. The number of carbonyl (C=O) groups is 11. The summed E-state index contributed by atoms with van der Waals surface area (Å²) in [6.07, 6.45) is 2.33. The maximum atomic E-state index is 15.4. The highest BCUT2D eigenvalue weighted by molar-refractivity contribution is 6.00. The molecule has 0 unspecified atom stereocenters. The van der Waals surface area contributed by atoms with Gasteiger partial charge in [-0.2, -0.15) is 5.10 Å². The van der Waals surface area contributed by atoms with Crippen molar-refractivity contribution in [3.63, 3.8) is 0 Å². The highest BCUT2D eigenvalue weighted by Gasteiger charge is 2.46. The number of hydrogen-bond donors (Lipinski definition) is 5. The minimum Gasteiger partial charge on any atom is -0.390 e. The lowest BCUT2D eigenvalue weighted by molar-refractivity contribution is -0.157. The molecule has 1 aliphatic rings. The Morgan fingerprint density at radius 3 is 1.33 bits per heavy atom. The molecular formula is C66H117N13O12. The largest absolute Gasteiger partial charge is 0.390 e. The van der Waals surface area contributed by atoms with E-state index in [0.717, 1.165) is 15.5 Å². The fraction of sp³-hybridized carbons (Fsp3) is 0.788. The molecule has 2 heterocycles. The summed E-state index contributed by atoms with van der Waals surface area (Å²) in [5.41, 5.74) is 0.948. The summed E-state index contributed by atoms with van der Waals surface area (Å²) in [4.78, 5) is 171. The fourth-order valence-electron chi connectivity index (χ4n) is 11.8. The van der Waals surface area contributed by atoms with Crippen molar-refractivity contribution in [3.8, 4) is 0 Å². The summed E-state index contributed by atoms with van der Waals surface area (Å²) >= 11 is 0. The summed E-state index contributed by atoms with van der Waals surface area (Å²) in [5, 5.41) is 27.8. The molecule has 518 valence electrons. The molecule has 1 aromatic heterocycles. The Morgan fingerprint density at radius 2 is 0.879 bits per heavy atom. The Bertz CT molecular complexity index is 2640. The molecular weight excluding hydrogens is 1170 g/mol. The van der Waals surface area contributed by atoms with Gasteiger partial charge in [-0.1, -0.05) is 96.9 Å². The van der Waals surface area contributed by atoms with Gasteiger partial charge in [0.05, 0.1) is 6.10 Å². The van der Waals surface area contributed by atoms with E-state index in [1.807, 2.05) is 68.5 Å². The highest BCUT2D eigenvalue weighted by atomic mass is 16.3. The average Bonchev–Trinajstić information content (AvgIpc) is 1.19. The van der Waals surface area contributed by atoms with Crippen LogP contribution in [0.1, 0.15) is 168 Å². The SMILES string of the molecule is CC[C@@H]1NC(=O)[C@@H]([C@H](O)[C@H](C)CCCc2ccnn2C)N(C)C(=O)[C@H](C(C)C)N(C)C(=O)[C@H](CC(C)C)N(C)C(=O)[C@H](CC(C)C)N(C)C(=O)[C@@H](C)NC(=O)[C@H](C)NC(=O)[C@H](CC(C)C)N(C)C(=O)[C@H](C(C)C)NC(=O)[C@H](CC(C)C)N(C)C(=O)[C@@H](C)N(C)C1=O. The van der Waals surface area contributed by atoms with Crippen molar-refractivity contribution in [2.24, 2.45) is 48.5 Å². The molecule has 1 aromatic rings. The summed E-state index contributed by atoms with van der Waals surface area (Å²) in [5.74, 6) is -9.81. The van der Waals surface area contributed by atoms with Crippen LogP contribution in [-0.4, -0.2) is 236 Å². The first-order valence-electron chi connectivity index (χ1n) is 32.8. The van der Waals surface area contributed by atoms with Crippen LogP contribution in [0.5, 0.6) is 0 Å². The minimum atomic E-state index is -1.63. The number of likely N-dealkylation sites (N-methyl/N-ethyl adjacent to an activating group) is 7. The quantitative estimate of drug-likeness (QED) is 0.150. The minimum absolute atomic E-state index is 0.00784. The summed E-state index contributed by atoms with van der Waals surface area (Å²) < 4.78 is 1.74. The molecule has 0 radical (unpaired) electrons. The van der Waals surface area contributed by atoms with Crippen LogP contribution in [0.3, 0.4) is 0 Å². The molecule has 91 heavy (non-hydrogen) atoms. The van der Waals surface area contributed by atoms with Crippen LogP contribution in [0, 0.1) is 41.4 Å². The molecule has 0 aromatic carbocycles. The lowest BCUT2D eigenvalue weighted by atomic mass is 9.90. The molecule has 1 fully saturated rings. The topological polar surface area (TPSA) is 297 Å². The van der Waals surface area contributed by atoms with Crippen molar-refractivity contribution in [1.29, 1.82) is 0 Å². The van der Waals surface area contributed by atoms with Gasteiger partial charge in [-0.3, -0.25) is 57.4 Å². The van der Waals surface area contributed by atoms with Crippen molar-refractivity contribution < 1.29 is 57.8 Å². The van der Waals surface area contributed by atoms with Gasteiger partial charge < -0.3 is 60.7 Å². The molecule has 1 saturated heterocycles. The third-order valence-electron chi connectivity index (χ3n) is 17.8. The van der Waals surface area contributed by atoms with E-state index in [0.29, 0.717) is 19.3 Å². The van der Waals surface area contributed by atoms with Gasteiger partial charge in [-0.05, 0) is 120 Å². The number of aromatic nitrogens is 2. The van der Waals surface area contributed by atoms with Gasteiger partial charge in [-0.25, -0.2) is 0 Å². The third-order valence-corrected chi connectivity index (χ3v) is 17.8. The van der Waals surface area contributed by atoms with Crippen LogP contribution in [0.2, 0.25) is 0 Å². The first kappa shape index (κ1) is 80.4. The number of aliphatic hydroxyl groups is 1. The second-order valence-electron chi connectivity index (χ2n) is 28.0. The average molecular weight is 1280 g/mol. The highest BCUT2D eigenvalue weighted by Crippen LogP contribution is 2.26. The van der Waals surface area contributed by atoms with Gasteiger partial charge in [0.2, 0.25) is 65.0 Å². The first-order chi connectivity index (χ1) is 42.1. The zero-order chi connectivity index (χ0) is 70.1. The smallest absolute Gasteiger partial charge is 0.246 e. The number of aryl methyl sites for hydroxylation is 2. The predicted molar refractivity (Wildman–Crippen MR) is 350 cm³/mol. The Kier molecular flexibility index (Phi) is 31.8. The van der Waals surface area contributed by atoms with Gasteiger partial charge in [0, 0.05) is 68.3 Å². The predicted octanol–water partition coefficient (Wildman–Crippen LogP) is 3.45. The Hall–Kier alpha value is -6.66. The zero-order valence-electron chi connectivity index (χ0n) is 59.7. The second-order valence-corrected chi connectivity index (χ2v) is 28.0. The zero-order valence-corrected chi connectivity index (χ0v) is 59.7. The molecule has 25 heteroatoms. The number of amides is 11. The van der Waals surface area contributed by atoms with Crippen molar-refractivity contribution in [2.75, 3.05) is 49.3 Å². The van der Waals surface area contributed by atoms with Crippen LogP contribution < -0.4 is 21.3 Å². The van der Waals surface area contributed by atoms with Crippen molar-refractivity contribution in [2.45, 2.75) is 242 Å². The molecule has 0 bridgehead atoms. The third kappa shape index (κ3) is 21.7. The van der Waals surface area contributed by atoms with E-state index in [2.05, 4.69) is 26.4 Å². The van der Waals surface area contributed by atoms with Gasteiger partial charge in [0.25, 0.3) is 0 Å². The lowest BCUT2D eigenvalue weighted by Gasteiger charge is -2.41. The lowest BCUT2D eigenvalue weighted by Crippen LogP contribution is -2.64. The number of hydrogen-bond acceptors (Lipinski definition) is 13. The van der Waals surface area contributed by atoms with E-state index < -0.39 is 155 Å². The van der Waals surface area contributed by atoms with E-state index >= 15 is 19.2 Å². The molecule has 0 aliphatic carbocycles. The number of nitrogens with zero attached hydrogens (tertiary/aromatic N) is 9. The summed E-state index contributed by atoms with van der Waals surface area (Å²) in [6.45, 7) is 29.7. The van der Waals surface area contributed by atoms with Crippen LogP contribution in [0.25, 0.3) is 0 Å². The van der Waals surface area contributed by atoms with Crippen molar-refractivity contribution in [1.82, 2.24) is 65.3 Å². The first-order valence-corrected chi connectivity index (χ1v) is 32.8. The summed E-state index contributed by atoms with van der Waals surface area (Å²) in [6, 6.07) is -11.8. The molecule has 2 rings (SSSR count). The Balaban J connectivity index is 3.01. The van der Waals surface area contributed by atoms with Crippen LogP contribution in [-0.2, 0) is 66.2 Å². The molecule has 0 saturated carbocycles. The van der Waals surface area contributed by atoms with E-state index in [-0.39, 0.29) is 55.8 Å². The van der Waals surface area contributed by atoms with E-state index in [1.165, 1.54) is 94.6 Å². The maximum Gasteiger partial charge on any atom is 0.246 e. The summed E-state index contributed by atoms with van der Waals surface area (Å²) in [7, 11) is 11.8. The Morgan fingerprint density at radius 1 is 0.451 bits per heavy atom. The number of rotatable bonds is 17. The standard InChI is InChI=1S/C66H117N13O12/c1-26-47-62(87)72(18)45(17)61(86)73(19)49(33-37(4)5)58(83)71-52(40(10)11)65(90)74(20)48(32-36(2)3)57(82)68-43(15)56(81)69-44(16)60(85)75(21)50(34-38(6)7)63(88)76(22)51(35-39(8)9)64(89)77(23)53(41(12)13)66(91)78(24)54(59(84)70-47)55(80)42(14)28-27-29-46-30-31-67-79(46)25/h30-31,36-45,47-55,80H,26-29,32-35H2,1-25H3,(H,68,82)(H,69,81)(H,70,84)(H,71,83)/t42-,43+,44-,45-,47+,48+,49+,50+,51+,52+,53+,54-,55-/m1/s1.